The van der Waals surface area contributed by atoms with Crippen LogP contribution in [-0.4, -0.2) is 13.1 Å². The molecule has 1 atom stereocenters. The van der Waals surface area contributed by atoms with Crippen LogP contribution < -0.4 is 5.32 Å². The van der Waals surface area contributed by atoms with E-state index in [9.17, 15) is 0 Å². The minimum Gasteiger partial charge on any atom is -0.316 e. The van der Waals surface area contributed by atoms with Gasteiger partial charge in [0.15, 0.2) is 0 Å². The van der Waals surface area contributed by atoms with E-state index in [0.717, 1.165) is 10.9 Å². The van der Waals surface area contributed by atoms with Gasteiger partial charge >= 0.3 is 0 Å². The highest BCUT2D eigenvalue weighted by Gasteiger charge is 2.47. The maximum Gasteiger partial charge on any atom is 0.0406 e. The average molecular weight is 278 g/mol. The van der Waals surface area contributed by atoms with Gasteiger partial charge in [0.25, 0.3) is 0 Å². The van der Waals surface area contributed by atoms with Crippen molar-refractivity contribution in [1.82, 2.24) is 5.32 Å². The van der Waals surface area contributed by atoms with Crippen molar-refractivity contribution in [3.63, 3.8) is 0 Å². The SMILES string of the molecule is CNC(C1CCCC1)C1(c2ccc(Cl)cc2)CCC1. The van der Waals surface area contributed by atoms with Crippen molar-refractivity contribution >= 4 is 11.6 Å². The highest BCUT2D eigenvalue weighted by Crippen LogP contribution is 2.50. The molecule has 1 unspecified atom stereocenters. The van der Waals surface area contributed by atoms with Gasteiger partial charge in [0.2, 0.25) is 0 Å². The van der Waals surface area contributed by atoms with Crippen LogP contribution in [0, 0.1) is 5.92 Å². The molecule has 2 heteroatoms. The van der Waals surface area contributed by atoms with Gasteiger partial charge in [-0.1, -0.05) is 43.0 Å². The van der Waals surface area contributed by atoms with Crippen LogP contribution in [0.25, 0.3) is 0 Å². The fourth-order valence-corrected chi connectivity index (χ4v) is 4.50. The van der Waals surface area contributed by atoms with E-state index < -0.39 is 0 Å². The molecule has 0 aliphatic heterocycles. The van der Waals surface area contributed by atoms with Crippen LogP contribution in [0.2, 0.25) is 5.02 Å². The summed E-state index contributed by atoms with van der Waals surface area (Å²) in [7, 11) is 2.15. The third-order valence-electron chi connectivity index (χ3n) is 5.44. The van der Waals surface area contributed by atoms with Gasteiger partial charge in [0, 0.05) is 16.5 Å². The number of benzene rings is 1. The standard InChI is InChI=1S/C17H24ClN/c1-19-16(13-5-2-3-6-13)17(11-4-12-17)14-7-9-15(18)10-8-14/h7-10,13,16,19H,2-6,11-12H2,1H3. The largest absolute Gasteiger partial charge is 0.316 e. The predicted octanol–water partition coefficient (Wildman–Crippen LogP) is 4.54. The third-order valence-corrected chi connectivity index (χ3v) is 5.69. The quantitative estimate of drug-likeness (QED) is 0.852. The topological polar surface area (TPSA) is 12.0 Å². The molecule has 2 aliphatic rings. The van der Waals surface area contributed by atoms with Gasteiger partial charge < -0.3 is 5.32 Å². The van der Waals surface area contributed by atoms with Crippen LogP contribution in [0.15, 0.2) is 24.3 Å². The second-order valence-electron chi connectivity index (χ2n) is 6.33. The fraction of sp³-hybridized carbons (Fsp3) is 0.647. The van der Waals surface area contributed by atoms with Gasteiger partial charge in [0.05, 0.1) is 0 Å². The molecule has 0 spiro atoms. The first-order chi connectivity index (χ1) is 9.26. The Labute approximate surface area is 121 Å². The maximum absolute atomic E-state index is 6.05. The second kappa shape index (κ2) is 5.46. The second-order valence-corrected chi connectivity index (χ2v) is 6.76. The summed E-state index contributed by atoms with van der Waals surface area (Å²) in [5, 5.41) is 4.51. The van der Waals surface area contributed by atoms with Crippen molar-refractivity contribution in [3.05, 3.63) is 34.9 Å². The molecule has 0 heterocycles. The maximum atomic E-state index is 6.05. The number of halogens is 1. The monoisotopic (exact) mass is 277 g/mol. The van der Waals surface area contributed by atoms with Gasteiger partial charge in [0.1, 0.15) is 0 Å². The van der Waals surface area contributed by atoms with E-state index >= 15 is 0 Å². The van der Waals surface area contributed by atoms with Crippen molar-refractivity contribution in [1.29, 1.82) is 0 Å². The Morgan fingerprint density at radius 2 is 1.74 bits per heavy atom. The molecule has 0 amide bonds. The number of likely N-dealkylation sites (N-methyl/N-ethyl adjacent to an activating group) is 1. The summed E-state index contributed by atoms with van der Waals surface area (Å²) in [5.41, 5.74) is 1.86. The molecule has 1 nitrogen and oxygen atoms in total. The molecule has 104 valence electrons. The summed E-state index contributed by atoms with van der Waals surface area (Å²) in [6.07, 6.45) is 9.67. The molecule has 0 aromatic heterocycles. The Kier molecular flexibility index (Phi) is 3.86. The molecule has 1 aromatic rings. The van der Waals surface area contributed by atoms with Gasteiger partial charge in [-0.05, 0) is 56.3 Å². The molecule has 0 saturated heterocycles. The smallest absolute Gasteiger partial charge is 0.0406 e. The van der Waals surface area contributed by atoms with Crippen LogP contribution in [0.1, 0.15) is 50.5 Å². The van der Waals surface area contributed by atoms with E-state index in [2.05, 4.69) is 36.6 Å². The third kappa shape index (κ3) is 2.32. The Hall–Kier alpha value is -0.530. The normalized spacial score (nSPS) is 24.1. The summed E-state index contributed by atoms with van der Waals surface area (Å²) in [6.45, 7) is 0. The van der Waals surface area contributed by atoms with E-state index in [1.54, 1.807) is 0 Å². The van der Waals surface area contributed by atoms with Crippen molar-refractivity contribution in [3.8, 4) is 0 Å². The summed E-state index contributed by atoms with van der Waals surface area (Å²) in [4.78, 5) is 0. The van der Waals surface area contributed by atoms with E-state index in [0.29, 0.717) is 11.5 Å². The average Bonchev–Trinajstić information content (AvgIpc) is 2.88. The van der Waals surface area contributed by atoms with Crippen LogP contribution >= 0.6 is 11.6 Å². The summed E-state index contributed by atoms with van der Waals surface area (Å²) in [6, 6.07) is 9.25. The zero-order valence-corrected chi connectivity index (χ0v) is 12.5. The van der Waals surface area contributed by atoms with E-state index in [1.165, 1.54) is 50.5 Å². The Balaban J connectivity index is 1.90. The first-order valence-corrected chi connectivity index (χ1v) is 8.07. The van der Waals surface area contributed by atoms with E-state index in [1.807, 2.05) is 0 Å². The number of hydrogen-bond donors (Lipinski definition) is 1. The van der Waals surface area contributed by atoms with Crippen molar-refractivity contribution in [2.45, 2.75) is 56.4 Å². The number of nitrogens with one attached hydrogen (secondary N) is 1. The van der Waals surface area contributed by atoms with Crippen LogP contribution in [-0.2, 0) is 5.41 Å². The summed E-state index contributed by atoms with van der Waals surface area (Å²) >= 11 is 6.05. The molecule has 19 heavy (non-hydrogen) atoms. The molecular formula is C17H24ClN. The Morgan fingerprint density at radius 1 is 1.11 bits per heavy atom. The Morgan fingerprint density at radius 3 is 2.21 bits per heavy atom. The lowest BCUT2D eigenvalue weighted by molar-refractivity contribution is 0.131. The molecule has 2 aliphatic carbocycles. The zero-order valence-electron chi connectivity index (χ0n) is 11.8. The summed E-state index contributed by atoms with van der Waals surface area (Å²) in [5.74, 6) is 0.862. The lowest BCUT2D eigenvalue weighted by Gasteiger charge is -2.50. The van der Waals surface area contributed by atoms with Gasteiger partial charge in [-0.2, -0.15) is 0 Å². The predicted molar refractivity (Wildman–Crippen MR) is 81.8 cm³/mol. The van der Waals surface area contributed by atoms with Gasteiger partial charge in [-0.15, -0.1) is 0 Å². The molecule has 2 saturated carbocycles. The highest BCUT2D eigenvalue weighted by atomic mass is 35.5. The first kappa shape index (κ1) is 13.5. The lowest BCUT2D eigenvalue weighted by atomic mass is 9.57. The van der Waals surface area contributed by atoms with Crippen molar-refractivity contribution < 1.29 is 0 Å². The molecule has 2 fully saturated rings. The fourth-order valence-electron chi connectivity index (χ4n) is 4.37. The lowest BCUT2D eigenvalue weighted by Crippen LogP contribution is -2.54. The molecule has 0 bridgehead atoms. The van der Waals surface area contributed by atoms with Crippen molar-refractivity contribution in [2.24, 2.45) is 5.92 Å². The van der Waals surface area contributed by atoms with Crippen LogP contribution in [0.3, 0.4) is 0 Å². The number of rotatable bonds is 4. The molecule has 3 rings (SSSR count). The summed E-state index contributed by atoms with van der Waals surface area (Å²) < 4.78 is 0. The van der Waals surface area contributed by atoms with Gasteiger partial charge in [-0.3, -0.25) is 0 Å². The first-order valence-electron chi connectivity index (χ1n) is 7.69. The van der Waals surface area contributed by atoms with Crippen LogP contribution in [0.4, 0.5) is 0 Å². The number of hydrogen-bond acceptors (Lipinski definition) is 1. The van der Waals surface area contributed by atoms with Gasteiger partial charge in [-0.25, -0.2) is 0 Å². The highest BCUT2D eigenvalue weighted by molar-refractivity contribution is 6.30. The minimum absolute atomic E-state index is 0.369. The molecule has 0 radical (unpaired) electrons. The molecule has 1 N–H and O–H groups in total. The zero-order chi connectivity index (χ0) is 13.3. The van der Waals surface area contributed by atoms with E-state index in [4.69, 9.17) is 11.6 Å². The van der Waals surface area contributed by atoms with E-state index in [-0.39, 0.29) is 0 Å². The van der Waals surface area contributed by atoms with Crippen LogP contribution in [0.5, 0.6) is 0 Å². The minimum atomic E-state index is 0.369. The molecule has 1 aromatic carbocycles. The Bertz CT molecular complexity index is 415. The molecular weight excluding hydrogens is 254 g/mol. The van der Waals surface area contributed by atoms with Crippen molar-refractivity contribution in [2.75, 3.05) is 7.05 Å².